The minimum Gasteiger partial charge on any atom is -0.409 e. The first-order chi connectivity index (χ1) is 30.8. The van der Waals surface area contributed by atoms with Crippen LogP contribution in [0, 0.1) is 6.92 Å². The van der Waals surface area contributed by atoms with Gasteiger partial charge in [-0.2, -0.15) is 171 Å². The molecule has 3 nitrogen and oxygen atoms in total. The highest BCUT2D eigenvalue weighted by molar-refractivity contribution is 6.73. The molecule has 0 saturated carbocycles. The summed E-state index contributed by atoms with van der Waals surface area (Å²) in [4.78, 5) is 0. The molecule has 72 heavy (non-hydrogen) atoms. The van der Waals surface area contributed by atoms with Gasteiger partial charge in [-0.3, -0.25) is 0 Å². The molecule has 0 bridgehead atoms. The second kappa shape index (κ2) is 18.4. The van der Waals surface area contributed by atoms with Crippen molar-refractivity contribution in [2.24, 2.45) is 0 Å². The van der Waals surface area contributed by atoms with Crippen molar-refractivity contribution in [3.8, 4) is 0 Å². The molecule has 1 aromatic heterocycles. The Morgan fingerprint density at radius 2 is 0.556 bits per heavy atom. The summed E-state index contributed by atoms with van der Waals surface area (Å²) in [7, 11) is -7.36. The van der Waals surface area contributed by atoms with Gasteiger partial charge in [0, 0.05) is 25.3 Å². The molecule has 0 aliphatic carbocycles. The van der Waals surface area contributed by atoms with E-state index >= 15 is 0 Å². The monoisotopic (exact) mass is 1180 g/mol. The fourth-order valence-electron chi connectivity index (χ4n) is 5.33. The summed E-state index contributed by atoms with van der Waals surface area (Å²) < 4.78 is 546. The summed E-state index contributed by atoms with van der Waals surface area (Å²) in [6.07, 6.45) is -37.0. The zero-order chi connectivity index (χ0) is 58.4. The molecule has 0 unspecified atom stereocenters. The van der Waals surface area contributed by atoms with Crippen LogP contribution < -0.4 is 0 Å². The Morgan fingerprint density at radius 1 is 0.347 bits per heavy atom. The van der Waals surface area contributed by atoms with Gasteiger partial charge >= 0.3 is 107 Å². The lowest BCUT2D eigenvalue weighted by Gasteiger charge is -2.42. The fraction of sp³-hybridized carbons (Fsp3) is 0.897. The van der Waals surface area contributed by atoms with Crippen molar-refractivity contribution in [1.82, 2.24) is 5.16 Å². The first kappa shape index (κ1) is 66.7. The maximum atomic E-state index is 14.9. The van der Waals surface area contributed by atoms with Gasteiger partial charge in [0.25, 0.3) is 0 Å². The largest absolute Gasteiger partial charge is 0.460 e. The fourth-order valence-corrected chi connectivity index (χ4v) is 9.27. The Bertz CT molecular complexity index is 1820. The molecule has 1 heterocycles. The quantitative estimate of drug-likeness (QED) is 0.0764. The van der Waals surface area contributed by atoms with E-state index in [0.29, 0.717) is 0 Å². The van der Waals surface area contributed by atoms with E-state index in [1.807, 2.05) is 0 Å². The molecule has 1 aromatic rings. The Balaban J connectivity index is 4.38. The van der Waals surface area contributed by atoms with E-state index in [-0.39, 0.29) is 6.07 Å². The van der Waals surface area contributed by atoms with Crippen LogP contribution in [0.4, 0.5) is 171 Å². The topological polar surface area (TPSA) is 35.3 Å². The third-order valence-corrected chi connectivity index (χ3v) is 14.1. The normalized spacial score (nSPS) is 16.5. The Labute approximate surface area is 370 Å². The van der Waals surface area contributed by atoms with Gasteiger partial charge in [0.15, 0.2) is 14.1 Å². The van der Waals surface area contributed by atoms with Gasteiger partial charge in [-0.1, -0.05) is 5.16 Å². The summed E-state index contributed by atoms with van der Waals surface area (Å²) in [5, 5.41) is 2.85. The van der Waals surface area contributed by atoms with Crippen LogP contribution in [0.2, 0.25) is 18.1 Å². The van der Waals surface area contributed by atoms with Gasteiger partial charge < -0.3 is 8.95 Å². The van der Waals surface area contributed by atoms with E-state index in [0.717, 1.165) is 6.92 Å². The number of aromatic nitrogens is 1. The van der Waals surface area contributed by atoms with Crippen molar-refractivity contribution < 1.29 is 180 Å². The van der Waals surface area contributed by atoms with Crippen LogP contribution in [0.15, 0.2) is 10.6 Å². The number of hydrogen-bond donors (Lipinski definition) is 0. The van der Waals surface area contributed by atoms with Crippen LogP contribution >= 0.6 is 0 Å². The summed E-state index contributed by atoms with van der Waals surface area (Å²) in [5.74, 6) is -130. The third-order valence-electron chi connectivity index (χ3n) is 9.88. The van der Waals surface area contributed by atoms with E-state index < -0.39 is 171 Å². The lowest BCUT2D eigenvalue weighted by molar-refractivity contribution is -0.440. The Hall–Kier alpha value is -3.34. The number of aryl methyl sites for hydroxylation is 1. The molecule has 1 rings (SSSR count). The predicted molar refractivity (Wildman–Crippen MR) is 152 cm³/mol. The predicted octanol–water partition coefficient (Wildman–Crippen LogP) is 15.8. The summed E-state index contributed by atoms with van der Waals surface area (Å²) in [5.41, 5.74) is -0.624. The van der Waals surface area contributed by atoms with Crippen LogP contribution in [0.1, 0.15) is 30.7 Å². The van der Waals surface area contributed by atoms with Crippen molar-refractivity contribution in [2.75, 3.05) is 0 Å². The van der Waals surface area contributed by atoms with Gasteiger partial charge in [-0.05, 0) is 25.1 Å². The van der Waals surface area contributed by atoms with Crippen LogP contribution in [0.3, 0.4) is 0 Å². The Morgan fingerprint density at radius 3 is 0.736 bits per heavy atom. The lowest BCUT2D eigenvalue weighted by Crippen LogP contribution is -2.70. The standard InChI is InChI=1S/C29H18F39NO2Si/c1-10-8-11(71-69-10)9-70-72(5-2-12(30,31)15(36,37)18(42,43)21(48,49)24(54,55)27(60,61)62,6-3-13(32,33)16(38,39)19(44,45)22(50,51)25(56,57)28(63,64)65)7-4-14(34,35)17(40,41)20(46,47)23(52,53)26(58,59)29(66,67)68/h8H,2-7,9H2,1H3. The molecule has 428 valence electrons. The van der Waals surface area contributed by atoms with Crippen molar-refractivity contribution >= 4 is 8.32 Å². The lowest BCUT2D eigenvalue weighted by atomic mass is 9.93. The van der Waals surface area contributed by atoms with Crippen LogP contribution in [-0.2, 0) is 11.0 Å². The highest BCUT2D eigenvalue weighted by Crippen LogP contribution is 2.65. The molecule has 0 fully saturated rings. The summed E-state index contributed by atoms with van der Waals surface area (Å²) in [6.45, 7) is -1.57. The van der Waals surface area contributed by atoms with E-state index in [2.05, 4.69) is 14.1 Å². The van der Waals surface area contributed by atoms with Crippen molar-refractivity contribution in [1.29, 1.82) is 0 Å². The van der Waals surface area contributed by atoms with E-state index in [1.54, 1.807) is 0 Å². The molecular formula is C29H18F39NO2Si. The molecule has 0 saturated heterocycles. The maximum absolute atomic E-state index is 14.9. The maximum Gasteiger partial charge on any atom is 0.460 e. The highest BCUT2D eigenvalue weighted by Gasteiger charge is 2.93. The zero-order valence-electron chi connectivity index (χ0n) is 33.0. The summed E-state index contributed by atoms with van der Waals surface area (Å²) >= 11 is 0. The third kappa shape index (κ3) is 10.2. The molecule has 0 amide bonds. The van der Waals surface area contributed by atoms with Gasteiger partial charge in [-0.15, -0.1) is 0 Å². The van der Waals surface area contributed by atoms with Gasteiger partial charge in [0.1, 0.15) is 0 Å². The van der Waals surface area contributed by atoms with Crippen LogP contribution in [0.25, 0.3) is 0 Å². The van der Waals surface area contributed by atoms with E-state index in [4.69, 9.17) is 0 Å². The molecule has 0 aliphatic heterocycles. The number of rotatable bonds is 24. The minimum atomic E-state index is -8.92. The number of nitrogens with zero attached hydrogens (tertiary/aromatic N) is 1. The summed E-state index contributed by atoms with van der Waals surface area (Å²) in [6, 6.07) is -10.1. The van der Waals surface area contributed by atoms with E-state index in [1.165, 1.54) is 0 Å². The highest BCUT2D eigenvalue weighted by atomic mass is 28.4. The molecule has 0 aromatic carbocycles. The van der Waals surface area contributed by atoms with Gasteiger partial charge in [-0.25, -0.2) is 0 Å². The molecule has 0 N–H and O–H groups in total. The zero-order valence-corrected chi connectivity index (χ0v) is 34.0. The molecule has 43 heteroatoms. The van der Waals surface area contributed by atoms with Crippen molar-refractivity contribution in [3.05, 3.63) is 17.5 Å². The Kier molecular flexibility index (Phi) is 17.1. The number of hydrogen-bond acceptors (Lipinski definition) is 3. The second-order valence-corrected chi connectivity index (χ2v) is 19.1. The minimum absolute atomic E-state index is 0.268. The average Bonchev–Trinajstić information content (AvgIpc) is 3.59. The smallest absolute Gasteiger partial charge is 0.409 e. The average molecular weight is 1180 g/mol. The molecular weight excluding hydrogens is 1160 g/mol. The van der Waals surface area contributed by atoms with E-state index in [9.17, 15) is 171 Å². The molecule has 0 atom stereocenters. The number of alkyl halides is 39. The first-order valence-corrected chi connectivity index (χ1v) is 19.8. The number of halogens is 39. The van der Waals surface area contributed by atoms with Crippen LogP contribution in [-0.4, -0.2) is 121 Å². The molecule has 0 aliphatic rings. The SMILES string of the molecule is Cc1cc(CO[Si](CCC(F)(F)C(F)(F)C(F)(F)C(F)(F)C(F)(F)C(F)(F)F)(CCC(F)(F)C(F)(F)C(F)(F)C(F)(F)C(F)(F)C(F)(F)F)CCC(F)(F)C(F)(F)C(F)(F)C(F)(F)C(F)(F)C(F)(F)F)on1. The van der Waals surface area contributed by atoms with Gasteiger partial charge in [0.05, 0.1) is 12.3 Å². The van der Waals surface area contributed by atoms with Gasteiger partial charge in [0.2, 0.25) is 0 Å². The van der Waals surface area contributed by atoms with Crippen molar-refractivity contribution in [2.45, 2.75) is 158 Å². The van der Waals surface area contributed by atoms with Crippen LogP contribution in [0.5, 0.6) is 0 Å². The second-order valence-electron chi connectivity index (χ2n) is 14.9. The molecule has 0 spiro atoms. The molecule has 0 radical (unpaired) electrons. The van der Waals surface area contributed by atoms with Crippen molar-refractivity contribution in [3.63, 3.8) is 0 Å². The first-order valence-electron chi connectivity index (χ1n) is 17.3.